The van der Waals surface area contributed by atoms with Crippen LogP contribution in [0.25, 0.3) is 0 Å². The Labute approximate surface area is 149 Å². The molecular formula is C21H26N4. The highest BCUT2D eigenvalue weighted by Gasteiger charge is 2.38. The van der Waals surface area contributed by atoms with Gasteiger partial charge in [0.2, 0.25) is 0 Å². The zero-order valence-corrected chi connectivity index (χ0v) is 14.7. The first kappa shape index (κ1) is 15.2. The SMILES string of the molecule is c1ccc2c(c1)[C@H]1CC[C@H]2N(c2cc(NC3CCCCC3)ncn2)C1. The van der Waals surface area contributed by atoms with E-state index in [2.05, 4.69) is 50.5 Å². The van der Waals surface area contributed by atoms with Crippen molar-refractivity contribution < 1.29 is 0 Å². The van der Waals surface area contributed by atoms with Gasteiger partial charge in [0.05, 0.1) is 6.04 Å². The Hall–Kier alpha value is -2.10. The Bertz CT molecular complexity index is 753. The van der Waals surface area contributed by atoms with Crippen LogP contribution in [0, 0.1) is 0 Å². The van der Waals surface area contributed by atoms with Crippen LogP contribution in [0.5, 0.6) is 0 Å². The lowest BCUT2D eigenvalue weighted by molar-refractivity contribution is 0.387. The smallest absolute Gasteiger partial charge is 0.134 e. The van der Waals surface area contributed by atoms with Crippen molar-refractivity contribution in [3.8, 4) is 0 Å². The first-order valence-electron chi connectivity index (χ1n) is 9.82. The highest BCUT2D eigenvalue weighted by Crippen LogP contribution is 2.47. The van der Waals surface area contributed by atoms with E-state index in [1.165, 1.54) is 50.5 Å². The predicted octanol–water partition coefficient (Wildman–Crippen LogP) is 4.66. The predicted molar refractivity (Wildman–Crippen MR) is 101 cm³/mol. The Balaban J connectivity index is 1.40. The fraction of sp³-hybridized carbons (Fsp3) is 0.524. The number of piperidine rings is 1. The summed E-state index contributed by atoms with van der Waals surface area (Å²) in [6.45, 7) is 1.08. The molecule has 2 aliphatic heterocycles. The van der Waals surface area contributed by atoms with Crippen molar-refractivity contribution in [2.75, 3.05) is 16.8 Å². The molecule has 130 valence electrons. The standard InChI is InChI=1S/C21H26N4/c1-2-6-16(7-3-1)24-20-12-21(23-14-22-20)25-13-15-10-11-19(25)18-9-5-4-8-17(15)18/h4-5,8-9,12,14-16,19H,1-3,6-7,10-11,13H2,(H,22,23,24)/t15-,19+/m0/s1. The van der Waals surface area contributed by atoms with Crippen LogP contribution in [-0.2, 0) is 0 Å². The van der Waals surface area contributed by atoms with E-state index >= 15 is 0 Å². The van der Waals surface area contributed by atoms with Gasteiger partial charge in [0, 0.05) is 24.6 Å². The molecule has 1 saturated carbocycles. The highest BCUT2D eigenvalue weighted by molar-refractivity contribution is 5.55. The Kier molecular flexibility index (Phi) is 3.84. The third kappa shape index (κ3) is 2.78. The molecule has 2 aromatic rings. The van der Waals surface area contributed by atoms with Crippen molar-refractivity contribution >= 4 is 11.6 Å². The summed E-state index contributed by atoms with van der Waals surface area (Å²) in [7, 11) is 0. The number of anilines is 2. The molecule has 4 aliphatic rings. The summed E-state index contributed by atoms with van der Waals surface area (Å²) < 4.78 is 0. The molecule has 0 unspecified atom stereocenters. The van der Waals surface area contributed by atoms with Crippen LogP contribution in [-0.4, -0.2) is 22.6 Å². The van der Waals surface area contributed by atoms with Gasteiger partial charge in [-0.15, -0.1) is 0 Å². The largest absolute Gasteiger partial charge is 0.367 e. The number of aromatic nitrogens is 2. The minimum absolute atomic E-state index is 0.471. The van der Waals surface area contributed by atoms with Crippen LogP contribution >= 0.6 is 0 Å². The lowest BCUT2D eigenvalue weighted by Gasteiger charge is -2.47. The second kappa shape index (κ2) is 6.32. The molecule has 25 heavy (non-hydrogen) atoms. The van der Waals surface area contributed by atoms with Gasteiger partial charge >= 0.3 is 0 Å². The van der Waals surface area contributed by atoms with Crippen LogP contribution in [0.4, 0.5) is 11.6 Å². The van der Waals surface area contributed by atoms with Gasteiger partial charge in [-0.05, 0) is 36.8 Å². The molecule has 1 N–H and O–H groups in total. The second-order valence-corrected chi connectivity index (χ2v) is 7.81. The van der Waals surface area contributed by atoms with Crippen molar-refractivity contribution in [3.05, 3.63) is 47.8 Å². The van der Waals surface area contributed by atoms with Crippen LogP contribution in [0.3, 0.4) is 0 Å². The van der Waals surface area contributed by atoms with Crippen LogP contribution in [0.2, 0.25) is 0 Å². The molecule has 1 aromatic heterocycles. The molecule has 4 nitrogen and oxygen atoms in total. The molecule has 0 radical (unpaired) electrons. The monoisotopic (exact) mass is 334 g/mol. The molecule has 2 fully saturated rings. The molecule has 2 bridgehead atoms. The third-order valence-electron chi connectivity index (χ3n) is 6.28. The van der Waals surface area contributed by atoms with Gasteiger partial charge in [0.25, 0.3) is 0 Å². The van der Waals surface area contributed by atoms with Crippen molar-refractivity contribution in [1.82, 2.24) is 9.97 Å². The normalized spacial score (nSPS) is 25.7. The number of rotatable bonds is 3. The average Bonchev–Trinajstić information content (AvgIpc) is 2.70. The minimum Gasteiger partial charge on any atom is -0.367 e. The Morgan fingerprint density at radius 2 is 1.76 bits per heavy atom. The molecule has 0 spiro atoms. The summed E-state index contributed by atoms with van der Waals surface area (Å²) in [6, 6.07) is 12.2. The van der Waals surface area contributed by atoms with Crippen molar-refractivity contribution in [1.29, 1.82) is 0 Å². The lowest BCUT2D eigenvalue weighted by Crippen LogP contribution is -2.43. The van der Waals surface area contributed by atoms with E-state index in [4.69, 9.17) is 0 Å². The first-order chi connectivity index (χ1) is 12.4. The summed E-state index contributed by atoms with van der Waals surface area (Å²) in [5.74, 6) is 2.72. The van der Waals surface area contributed by atoms with E-state index in [1.54, 1.807) is 11.9 Å². The Morgan fingerprint density at radius 3 is 2.64 bits per heavy atom. The lowest BCUT2D eigenvalue weighted by atomic mass is 9.75. The second-order valence-electron chi connectivity index (χ2n) is 7.81. The Morgan fingerprint density at radius 1 is 0.920 bits per heavy atom. The van der Waals surface area contributed by atoms with Crippen LogP contribution < -0.4 is 10.2 Å². The third-order valence-corrected chi connectivity index (χ3v) is 6.28. The summed E-state index contributed by atoms with van der Waals surface area (Å²) >= 11 is 0. The van der Waals surface area contributed by atoms with Gasteiger partial charge in [-0.2, -0.15) is 0 Å². The van der Waals surface area contributed by atoms with Crippen molar-refractivity contribution in [2.45, 2.75) is 62.9 Å². The topological polar surface area (TPSA) is 41.0 Å². The van der Waals surface area contributed by atoms with Crippen molar-refractivity contribution in [3.63, 3.8) is 0 Å². The van der Waals surface area contributed by atoms with Crippen LogP contribution in [0.1, 0.15) is 68.0 Å². The van der Waals surface area contributed by atoms with E-state index in [0.29, 0.717) is 18.0 Å². The summed E-state index contributed by atoms with van der Waals surface area (Å²) in [5, 5.41) is 3.65. The van der Waals surface area contributed by atoms with E-state index in [9.17, 15) is 0 Å². The van der Waals surface area contributed by atoms with Gasteiger partial charge < -0.3 is 10.2 Å². The first-order valence-corrected chi connectivity index (χ1v) is 9.82. The number of nitrogens with zero attached hydrogens (tertiary/aromatic N) is 3. The maximum absolute atomic E-state index is 4.62. The fourth-order valence-electron chi connectivity index (χ4n) is 5.03. The van der Waals surface area contributed by atoms with Gasteiger partial charge in [0.15, 0.2) is 0 Å². The van der Waals surface area contributed by atoms with Gasteiger partial charge in [-0.3, -0.25) is 0 Å². The minimum atomic E-state index is 0.471. The average molecular weight is 334 g/mol. The number of fused-ring (bicyclic) bond motifs is 2. The van der Waals surface area contributed by atoms with Gasteiger partial charge in [-0.25, -0.2) is 9.97 Å². The zero-order valence-electron chi connectivity index (χ0n) is 14.7. The van der Waals surface area contributed by atoms with Crippen LogP contribution in [0.15, 0.2) is 36.7 Å². The highest BCUT2D eigenvalue weighted by atomic mass is 15.2. The van der Waals surface area contributed by atoms with E-state index in [0.717, 1.165) is 18.2 Å². The maximum atomic E-state index is 4.62. The van der Waals surface area contributed by atoms with Gasteiger partial charge in [0.1, 0.15) is 18.0 Å². The van der Waals surface area contributed by atoms with E-state index in [-0.39, 0.29) is 0 Å². The molecular weight excluding hydrogens is 308 g/mol. The summed E-state index contributed by atoms with van der Waals surface area (Å²) in [4.78, 5) is 11.6. The number of hydrogen-bond donors (Lipinski definition) is 1. The maximum Gasteiger partial charge on any atom is 0.134 e. The number of benzene rings is 1. The summed E-state index contributed by atoms with van der Waals surface area (Å²) in [5.41, 5.74) is 3.06. The van der Waals surface area contributed by atoms with Crippen molar-refractivity contribution in [2.24, 2.45) is 0 Å². The molecule has 6 rings (SSSR count). The number of nitrogens with one attached hydrogen (secondary N) is 1. The molecule has 1 saturated heterocycles. The van der Waals surface area contributed by atoms with Gasteiger partial charge in [-0.1, -0.05) is 43.5 Å². The quantitative estimate of drug-likeness (QED) is 0.886. The zero-order chi connectivity index (χ0) is 16.6. The summed E-state index contributed by atoms with van der Waals surface area (Å²) in [6.07, 6.45) is 10.8. The molecule has 0 amide bonds. The molecule has 2 atom stereocenters. The molecule has 1 aromatic carbocycles. The number of hydrogen-bond acceptors (Lipinski definition) is 4. The molecule has 3 heterocycles. The molecule has 2 aliphatic carbocycles. The fourth-order valence-corrected chi connectivity index (χ4v) is 5.03. The molecule has 4 heteroatoms. The van der Waals surface area contributed by atoms with E-state index in [1.807, 2.05) is 0 Å². The van der Waals surface area contributed by atoms with E-state index < -0.39 is 0 Å².